The Morgan fingerprint density at radius 2 is 1.78 bits per heavy atom. The molecule has 1 saturated heterocycles. The van der Waals surface area contributed by atoms with E-state index in [0.717, 1.165) is 43.9 Å². The highest BCUT2D eigenvalue weighted by Gasteiger charge is 2.57. The van der Waals surface area contributed by atoms with E-state index >= 15 is 0 Å². The molecule has 0 amide bonds. The summed E-state index contributed by atoms with van der Waals surface area (Å²) in [5.74, 6) is 1.85. The maximum Gasteiger partial charge on any atom is 0.247 e. The Labute approximate surface area is 134 Å². The first-order valence-electron chi connectivity index (χ1n) is 8.24. The van der Waals surface area contributed by atoms with E-state index in [0.29, 0.717) is 17.2 Å². The van der Waals surface area contributed by atoms with Crippen LogP contribution in [0.25, 0.3) is 22.2 Å². The molecule has 1 unspecified atom stereocenters. The lowest BCUT2D eigenvalue weighted by Crippen LogP contribution is -2.18. The van der Waals surface area contributed by atoms with E-state index in [9.17, 15) is 0 Å². The molecular formula is C19H18N2O2. The van der Waals surface area contributed by atoms with Crippen LogP contribution in [0.3, 0.4) is 0 Å². The standard InChI is InChI=1S/C19H18N2O2/c1-2-4-14-11-15(6-5-13(14)3-1)17-20-21-18(23-17)16-12-19(16)7-9-22-10-8-19/h1-6,11,16H,7-10,12H2. The Balaban J connectivity index is 1.44. The number of hydrogen-bond donors (Lipinski definition) is 0. The molecule has 0 bridgehead atoms. The summed E-state index contributed by atoms with van der Waals surface area (Å²) in [5.41, 5.74) is 1.36. The van der Waals surface area contributed by atoms with E-state index in [2.05, 4.69) is 40.5 Å². The van der Waals surface area contributed by atoms with E-state index in [4.69, 9.17) is 9.15 Å². The van der Waals surface area contributed by atoms with Crippen molar-refractivity contribution in [3.8, 4) is 11.5 Å². The molecule has 2 aliphatic rings. The Morgan fingerprint density at radius 1 is 0.957 bits per heavy atom. The zero-order valence-electron chi connectivity index (χ0n) is 12.9. The van der Waals surface area contributed by atoms with Crippen molar-refractivity contribution in [3.05, 3.63) is 48.4 Å². The Morgan fingerprint density at radius 3 is 2.65 bits per heavy atom. The lowest BCUT2D eigenvalue weighted by molar-refractivity contribution is 0.0547. The number of fused-ring (bicyclic) bond motifs is 1. The number of ether oxygens (including phenoxy) is 1. The third kappa shape index (κ3) is 2.17. The van der Waals surface area contributed by atoms with Gasteiger partial charge in [0.25, 0.3) is 0 Å². The normalized spacial score (nSPS) is 22.5. The maximum absolute atomic E-state index is 6.01. The van der Waals surface area contributed by atoms with Crippen LogP contribution in [-0.4, -0.2) is 23.4 Å². The van der Waals surface area contributed by atoms with Gasteiger partial charge in [0.05, 0.1) is 0 Å². The van der Waals surface area contributed by atoms with Crippen LogP contribution in [0, 0.1) is 5.41 Å². The molecule has 1 spiro atoms. The van der Waals surface area contributed by atoms with Crippen LogP contribution < -0.4 is 0 Å². The van der Waals surface area contributed by atoms with Crippen LogP contribution in [0.2, 0.25) is 0 Å². The van der Waals surface area contributed by atoms with E-state index in [1.54, 1.807) is 0 Å². The van der Waals surface area contributed by atoms with Gasteiger partial charge in [0.2, 0.25) is 11.8 Å². The average molecular weight is 306 g/mol. The molecule has 1 atom stereocenters. The molecule has 23 heavy (non-hydrogen) atoms. The van der Waals surface area contributed by atoms with Crippen molar-refractivity contribution in [3.63, 3.8) is 0 Å². The Hall–Kier alpha value is -2.20. The van der Waals surface area contributed by atoms with Gasteiger partial charge in [-0.05, 0) is 47.6 Å². The van der Waals surface area contributed by atoms with Crippen LogP contribution >= 0.6 is 0 Å². The second-order valence-corrected chi connectivity index (χ2v) is 6.74. The molecule has 1 aliphatic heterocycles. The van der Waals surface area contributed by atoms with Gasteiger partial charge in [-0.3, -0.25) is 0 Å². The van der Waals surface area contributed by atoms with Gasteiger partial charge in [0.15, 0.2) is 0 Å². The molecule has 4 heteroatoms. The van der Waals surface area contributed by atoms with Crippen molar-refractivity contribution in [1.29, 1.82) is 0 Å². The molecule has 1 aliphatic carbocycles. The number of aromatic nitrogens is 2. The minimum absolute atomic E-state index is 0.367. The predicted octanol–water partition coefficient (Wildman–Crippen LogP) is 4.17. The van der Waals surface area contributed by atoms with Crippen molar-refractivity contribution in [2.24, 2.45) is 5.41 Å². The summed E-state index contributed by atoms with van der Waals surface area (Å²) in [5, 5.41) is 11.0. The molecule has 3 aromatic rings. The van der Waals surface area contributed by atoms with Crippen molar-refractivity contribution in [2.75, 3.05) is 13.2 Å². The van der Waals surface area contributed by atoms with Crippen LogP contribution in [-0.2, 0) is 4.74 Å². The fraction of sp³-hybridized carbons (Fsp3) is 0.368. The number of rotatable bonds is 2. The molecule has 2 fully saturated rings. The molecule has 1 aromatic heterocycles. The van der Waals surface area contributed by atoms with Gasteiger partial charge in [0.1, 0.15) is 0 Å². The van der Waals surface area contributed by atoms with Crippen LogP contribution in [0.4, 0.5) is 0 Å². The summed E-state index contributed by atoms with van der Waals surface area (Å²) in [6.45, 7) is 1.73. The first kappa shape index (κ1) is 13.3. The molecule has 0 N–H and O–H groups in total. The third-order valence-corrected chi connectivity index (χ3v) is 5.41. The third-order valence-electron chi connectivity index (χ3n) is 5.41. The van der Waals surface area contributed by atoms with E-state index < -0.39 is 0 Å². The number of hydrogen-bond acceptors (Lipinski definition) is 4. The fourth-order valence-corrected chi connectivity index (χ4v) is 3.84. The van der Waals surface area contributed by atoms with Crippen molar-refractivity contribution in [1.82, 2.24) is 10.2 Å². The highest BCUT2D eigenvalue weighted by Crippen LogP contribution is 2.64. The van der Waals surface area contributed by atoms with Crippen molar-refractivity contribution in [2.45, 2.75) is 25.2 Å². The summed E-state index contributed by atoms with van der Waals surface area (Å²) >= 11 is 0. The van der Waals surface area contributed by atoms with Crippen molar-refractivity contribution >= 4 is 10.8 Å². The number of nitrogens with zero attached hydrogens (tertiary/aromatic N) is 2. The summed E-state index contributed by atoms with van der Waals surface area (Å²) < 4.78 is 11.5. The molecule has 5 rings (SSSR count). The van der Waals surface area contributed by atoms with Gasteiger partial charge in [-0.2, -0.15) is 0 Å². The maximum atomic E-state index is 6.01. The topological polar surface area (TPSA) is 48.2 Å². The van der Waals surface area contributed by atoms with E-state index in [1.165, 1.54) is 10.8 Å². The summed E-state index contributed by atoms with van der Waals surface area (Å²) in [6.07, 6.45) is 3.40. The summed E-state index contributed by atoms with van der Waals surface area (Å²) in [6, 6.07) is 14.6. The minimum atomic E-state index is 0.367. The fourth-order valence-electron chi connectivity index (χ4n) is 3.84. The van der Waals surface area contributed by atoms with Gasteiger partial charge >= 0.3 is 0 Å². The van der Waals surface area contributed by atoms with Gasteiger partial charge in [-0.1, -0.05) is 30.3 Å². The minimum Gasteiger partial charge on any atom is -0.420 e. The first-order chi connectivity index (χ1) is 11.3. The molecule has 4 nitrogen and oxygen atoms in total. The van der Waals surface area contributed by atoms with Gasteiger partial charge in [0, 0.05) is 24.7 Å². The quantitative estimate of drug-likeness (QED) is 0.713. The largest absolute Gasteiger partial charge is 0.420 e. The zero-order chi connectivity index (χ0) is 15.3. The average Bonchev–Trinajstić information content (AvgIpc) is 3.08. The second-order valence-electron chi connectivity index (χ2n) is 6.74. The summed E-state index contributed by atoms with van der Waals surface area (Å²) in [4.78, 5) is 0. The number of benzene rings is 2. The van der Waals surface area contributed by atoms with Crippen LogP contribution in [0.1, 0.15) is 31.1 Å². The van der Waals surface area contributed by atoms with Gasteiger partial charge < -0.3 is 9.15 Å². The highest BCUT2D eigenvalue weighted by atomic mass is 16.5. The molecular weight excluding hydrogens is 288 g/mol. The molecule has 0 radical (unpaired) electrons. The zero-order valence-corrected chi connectivity index (χ0v) is 12.9. The lowest BCUT2D eigenvalue weighted by atomic mass is 9.94. The molecule has 1 saturated carbocycles. The van der Waals surface area contributed by atoms with Gasteiger partial charge in [-0.15, -0.1) is 10.2 Å². The SMILES string of the molecule is c1ccc2cc(-c3nnc(C4CC45CCOCC5)o3)ccc2c1. The van der Waals surface area contributed by atoms with Crippen LogP contribution in [0.15, 0.2) is 46.9 Å². The molecule has 2 heterocycles. The van der Waals surface area contributed by atoms with Crippen LogP contribution in [0.5, 0.6) is 0 Å². The molecule has 116 valence electrons. The second kappa shape index (κ2) is 4.90. The van der Waals surface area contributed by atoms with E-state index in [1.807, 2.05) is 12.1 Å². The lowest BCUT2D eigenvalue weighted by Gasteiger charge is -2.21. The van der Waals surface area contributed by atoms with E-state index in [-0.39, 0.29) is 0 Å². The van der Waals surface area contributed by atoms with Gasteiger partial charge in [-0.25, -0.2) is 0 Å². The first-order valence-corrected chi connectivity index (χ1v) is 8.24. The molecule has 2 aromatic carbocycles. The Bertz CT molecular complexity index is 864. The smallest absolute Gasteiger partial charge is 0.247 e. The van der Waals surface area contributed by atoms with Crippen molar-refractivity contribution < 1.29 is 9.15 Å². The highest BCUT2D eigenvalue weighted by molar-refractivity contribution is 5.86. The monoisotopic (exact) mass is 306 g/mol. The Kier molecular flexibility index (Phi) is 2.82. The predicted molar refractivity (Wildman–Crippen MR) is 87.1 cm³/mol. The summed E-state index contributed by atoms with van der Waals surface area (Å²) in [7, 11) is 0.